The summed E-state index contributed by atoms with van der Waals surface area (Å²) in [5.41, 5.74) is 2.17. The van der Waals surface area contributed by atoms with Crippen LogP contribution in [0.1, 0.15) is 29.4 Å². The van der Waals surface area contributed by atoms with Crippen LogP contribution in [-0.4, -0.2) is 37.6 Å². The van der Waals surface area contributed by atoms with Crippen LogP contribution in [0.25, 0.3) is 10.9 Å². The van der Waals surface area contributed by atoms with E-state index < -0.39 is 0 Å². The Hall–Kier alpha value is -1.85. The molecule has 0 aliphatic carbocycles. The van der Waals surface area contributed by atoms with Crippen LogP contribution in [0, 0.1) is 6.92 Å². The van der Waals surface area contributed by atoms with Gasteiger partial charge in [0.25, 0.3) is 5.91 Å². The van der Waals surface area contributed by atoms with Crippen molar-refractivity contribution >= 4 is 29.2 Å². The Morgan fingerprint density at radius 3 is 2.70 bits per heavy atom. The molecule has 2 aromatic rings. The van der Waals surface area contributed by atoms with Crippen molar-refractivity contribution in [1.29, 1.82) is 0 Å². The fourth-order valence-electron chi connectivity index (χ4n) is 2.26. The second-order valence-corrected chi connectivity index (χ2v) is 5.19. The molecular formula is C17H24ClN3O2. The van der Waals surface area contributed by atoms with Gasteiger partial charge in [0.1, 0.15) is 5.75 Å². The molecule has 0 spiro atoms. The lowest BCUT2D eigenvalue weighted by Gasteiger charge is -2.10. The summed E-state index contributed by atoms with van der Waals surface area (Å²) in [7, 11) is 1.63. The maximum Gasteiger partial charge on any atom is 0.253 e. The van der Waals surface area contributed by atoms with E-state index in [9.17, 15) is 4.79 Å². The topological polar surface area (TPSA) is 63.2 Å². The number of rotatable bonds is 7. The molecule has 1 heterocycles. The molecule has 0 aliphatic heterocycles. The number of carbonyl (C=O) groups is 1. The van der Waals surface area contributed by atoms with Crippen LogP contribution >= 0.6 is 12.4 Å². The number of methoxy groups -OCH3 is 1. The second-order valence-electron chi connectivity index (χ2n) is 5.19. The number of carbonyl (C=O) groups excluding carboxylic acids is 1. The molecule has 0 radical (unpaired) electrons. The van der Waals surface area contributed by atoms with Crippen molar-refractivity contribution in [3.8, 4) is 5.75 Å². The fraction of sp³-hybridized carbons (Fsp3) is 0.412. The van der Waals surface area contributed by atoms with Gasteiger partial charge in [-0.15, -0.1) is 12.4 Å². The van der Waals surface area contributed by atoms with Crippen LogP contribution in [0.4, 0.5) is 0 Å². The zero-order valence-electron chi connectivity index (χ0n) is 13.8. The van der Waals surface area contributed by atoms with Crippen LogP contribution in [0.15, 0.2) is 24.3 Å². The number of ether oxygens (including phenoxy) is 1. The highest BCUT2D eigenvalue weighted by Gasteiger charge is 2.11. The molecule has 0 saturated carbocycles. The standard InChI is InChI=1S/C17H23N3O2.ClH/c1-4-7-18-8-9-19-17(21)15-10-13-5-6-14(22-3)11-16(13)20-12(15)2;/h5-6,10-11,18H,4,7-9H2,1-3H3,(H,19,21);1H. The molecule has 23 heavy (non-hydrogen) atoms. The second kappa shape index (κ2) is 9.33. The van der Waals surface area contributed by atoms with Crippen LogP contribution < -0.4 is 15.4 Å². The molecule has 6 heteroatoms. The Morgan fingerprint density at radius 2 is 2.00 bits per heavy atom. The first-order valence-corrected chi connectivity index (χ1v) is 7.60. The molecule has 1 aromatic carbocycles. The van der Waals surface area contributed by atoms with Gasteiger partial charge in [0.2, 0.25) is 0 Å². The number of hydrogen-bond acceptors (Lipinski definition) is 4. The van der Waals surface area contributed by atoms with Gasteiger partial charge >= 0.3 is 0 Å². The minimum Gasteiger partial charge on any atom is -0.497 e. The first-order valence-electron chi connectivity index (χ1n) is 7.60. The number of hydrogen-bond donors (Lipinski definition) is 2. The van der Waals surface area contributed by atoms with E-state index in [1.54, 1.807) is 7.11 Å². The smallest absolute Gasteiger partial charge is 0.253 e. The van der Waals surface area contributed by atoms with E-state index in [1.165, 1.54) is 0 Å². The number of amides is 1. The number of pyridine rings is 1. The number of aryl methyl sites for hydroxylation is 1. The number of nitrogens with zero attached hydrogens (tertiary/aromatic N) is 1. The van der Waals surface area contributed by atoms with E-state index in [0.717, 1.165) is 41.9 Å². The minimum absolute atomic E-state index is 0. The highest BCUT2D eigenvalue weighted by atomic mass is 35.5. The van der Waals surface area contributed by atoms with E-state index in [4.69, 9.17) is 4.74 Å². The fourth-order valence-corrected chi connectivity index (χ4v) is 2.26. The van der Waals surface area contributed by atoms with Crippen molar-refractivity contribution in [2.45, 2.75) is 20.3 Å². The van der Waals surface area contributed by atoms with Crippen LogP contribution in [0.5, 0.6) is 5.75 Å². The van der Waals surface area contributed by atoms with Gasteiger partial charge in [0.05, 0.1) is 23.9 Å². The minimum atomic E-state index is -0.0824. The average Bonchev–Trinajstić information content (AvgIpc) is 2.53. The van der Waals surface area contributed by atoms with Crippen LogP contribution in [0.2, 0.25) is 0 Å². The molecule has 0 aliphatic rings. The lowest BCUT2D eigenvalue weighted by atomic mass is 10.1. The lowest BCUT2D eigenvalue weighted by molar-refractivity contribution is 0.0953. The van der Waals surface area contributed by atoms with Gasteiger partial charge in [-0.2, -0.15) is 0 Å². The normalized spacial score (nSPS) is 10.2. The van der Waals surface area contributed by atoms with Crippen LogP contribution in [0.3, 0.4) is 0 Å². The molecular weight excluding hydrogens is 314 g/mol. The van der Waals surface area contributed by atoms with Crippen molar-refractivity contribution in [2.75, 3.05) is 26.7 Å². The summed E-state index contributed by atoms with van der Waals surface area (Å²) in [5, 5.41) is 7.11. The number of fused-ring (bicyclic) bond motifs is 1. The lowest BCUT2D eigenvalue weighted by Crippen LogP contribution is -2.32. The van der Waals surface area contributed by atoms with Gasteiger partial charge in [-0.3, -0.25) is 9.78 Å². The Balaban J connectivity index is 0.00000264. The molecule has 2 N–H and O–H groups in total. The highest BCUT2D eigenvalue weighted by Crippen LogP contribution is 2.21. The third-order valence-electron chi connectivity index (χ3n) is 3.47. The first-order chi connectivity index (χ1) is 10.7. The molecule has 0 bridgehead atoms. The van der Waals surface area contributed by atoms with E-state index in [-0.39, 0.29) is 18.3 Å². The maximum atomic E-state index is 12.3. The Labute approximate surface area is 143 Å². The number of nitrogens with one attached hydrogen (secondary N) is 2. The largest absolute Gasteiger partial charge is 0.497 e. The van der Waals surface area contributed by atoms with Crippen molar-refractivity contribution < 1.29 is 9.53 Å². The first kappa shape index (κ1) is 19.2. The predicted molar refractivity (Wildman–Crippen MR) is 95.8 cm³/mol. The molecule has 1 aromatic heterocycles. The van der Waals surface area contributed by atoms with Gasteiger partial charge in [0.15, 0.2) is 0 Å². The van der Waals surface area contributed by atoms with E-state index in [1.807, 2.05) is 31.2 Å². The van der Waals surface area contributed by atoms with Crippen molar-refractivity contribution in [1.82, 2.24) is 15.6 Å². The zero-order chi connectivity index (χ0) is 15.9. The number of aromatic nitrogens is 1. The summed E-state index contributed by atoms with van der Waals surface area (Å²) in [5.74, 6) is 0.680. The van der Waals surface area contributed by atoms with Crippen molar-refractivity contribution in [3.63, 3.8) is 0 Å². The summed E-state index contributed by atoms with van der Waals surface area (Å²) in [6.07, 6.45) is 1.09. The van der Waals surface area contributed by atoms with Gasteiger partial charge in [-0.25, -0.2) is 0 Å². The Kier molecular flexibility index (Phi) is 7.78. The van der Waals surface area contributed by atoms with Gasteiger partial charge in [-0.05, 0) is 38.1 Å². The molecule has 1 amide bonds. The van der Waals surface area contributed by atoms with Crippen LogP contribution in [-0.2, 0) is 0 Å². The Morgan fingerprint density at radius 1 is 1.22 bits per heavy atom. The average molecular weight is 338 g/mol. The van der Waals surface area contributed by atoms with E-state index in [2.05, 4.69) is 22.5 Å². The van der Waals surface area contributed by atoms with Crippen molar-refractivity contribution in [3.05, 3.63) is 35.5 Å². The molecule has 2 rings (SSSR count). The summed E-state index contributed by atoms with van der Waals surface area (Å²) in [6.45, 7) is 6.32. The third-order valence-corrected chi connectivity index (χ3v) is 3.47. The number of halogens is 1. The molecule has 0 saturated heterocycles. The third kappa shape index (κ3) is 5.08. The SMILES string of the molecule is CCCNCCNC(=O)c1cc2ccc(OC)cc2nc1C.Cl. The van der Waals surface area contributed by atoms with Gasteiger partial charge < -0.3 is 15.4 Å². The summed E-state index contributed by atoms with van der Waals surface area (Å²) in [6, 6.07) is 7.54. The molecule has 0 fully saturated rings. The zero-order valence-corrected chi connectivity index (χ0v) is 14.6. The highest BCUT2D eigenvalue weighted by molar-refractivity contribution is 5.98. The van der Waals surface area contributed by atoms with Crippen molar-refractivity contribution in [2.24, 2.45) is 0 Å². The quantitative estimate of drug-likeness (QED) is 0.762. The molecule has 126 valence electrons. The van der Waals surface area contributed by atoms with Gasteiger partial charge in [0, 0.05) is 24.5 Å². The molecule has 0 atom stereocenters. The number of benzene rings is 1. The summed E-state index contributed by atoms with van der Waals surface area (Å²) < 4.78 is 5.20. The van der Waals surface area contributed by atoms with E-state index in [0.29, 0.717) is 12.1 Å². The summed E-state index contributed by atoms with van der Waals surface area (Å²) >= 11 is 0. The monoisotopic (exact) mass is 337 g/mol. The Bertz CT molecular complexity index is 662. The van der Waals surface area contributed by atoms with Gasteiger partial charge in [-0.1, -0.05) is 6.92 Å². The molecule has 5 nitrogen and oxygen atoms in total. The molecule has 0 unspecified atom stereocenters. The summed E-state index contributed by atoms with van der Waals surface area (Å²) in [4.78, 5) is 16.8. The predicted octanol–water partition coefficient (Wildman–Crippen LogP) is 2.70. The maximum absolute atomic E-state index is 12.3. The van der Waals surface area contributed by atoms with E-state index >= 15 is 0 Å².